The minimum atomic E-state index is -1.18. The van der Waals surface area contributed by atoms with Crippen molar-refractivity contribution in [1.82, 2.24) is 20.7 Å². The summed E-state index contributed by atoms with van der Waals surface area (Å²) in [4.78, 5) is 44.0. The maximum Gasteiger partial charge on any atom is 0.241 e. The maximum atomic E-state index is 14.0. The number of likely N-dealkylation sites (tertiary alicyclic amines) is 1. The topological polar surface area (TPSA) is 81.8 Å². The van der Waals surface area contributed by atoms with Crippen LogP contribution in [-0.4, -0.2) is 53.2 Å². The summed E-state index contributed by atoms with van der Waals surface area (Å²) in [6, 6.07) is 17.8. The molecule has 0 spiro atoms. The van der Waals surface area contributed by atoms with Crippen LogP contribution in [0, 0.1) is 12.8 Å². The van der Waals surface area contributed by atoms with Crippen molar-refractivity contribution >= 4 is 17.7 Å². The molecule has 3 fully saturated rings. The number of hydrogen-bond donors (Lipinski definition) is 2. The number of carbonyl (C=O) groups excluding carboxylic acids is 3. The Labute approximate surface area is 213 Å². The molecule has 7 nitrogen and oxygen atoms in total. The molecular formula is C29H36N4O3. The highest BCUT2D eigenvalue weighted by molar-refractivity contribution is 6.10. The van der Waals surface area contributed by atoms with E-state index in [1.165, 1.54) is 17.7 Å². The normalized spacial score (nSPS) is 27.8. The van der Waals surface area contributed by atoms with Gasteiger partial charge in [0.25, 0.3) is 0 Å². The first-order chi connectivity index (χ1) is 17.4. The Morgan fingerprint density at radius 3 is 2.53 bits per heavy atom. The molecule has 0 aromatic heterocycles. The van der Waals surface area contributed by atoms with Gasteiger partial charge in [-0.15, -0.1) is 0 Å². The number of imide groups is 1. The van der Waals surface area contributed by atoms with E-state index in [9.17, 15) is 14.4 Å². The van der Waals surface area contributed by atoms with Crippen LogP contribution in [0.25, 0.3) is 0 Å². The number of hydrazine groups is 1. The predicted octanol–water partition coefficient (Wildman–Crippen LogP) is 3.08. The SMILES string of the molecule is Cc1ccccc1C1(CC(=O)N(C)CC2NNC3CCCCC32)CC(=O)N(Cc2ccccc2)C1=O. The number of carbonyl (C=O) groups is 3. The molecule has 3 amide bonds. The second kappa shape index (κ2) is 10.1. The Morgan fingerprint density at radius 2 is 1.75 bits per heavy atom. The average Bonchev–Trinajstić information content (AvgIpc) is 3.39. The molecule has 7 heteroatoms. The summed E-state index contributed by atoms with van der Waals surface area (Å²) in [5.74, 6) is -0.105. The third kappa shape index (κ3) is 4.58. The smallest absolute Gasteiger partial charge is 0.241 e. The highest BCUT2D eigenvalue weighted by Crippen LogP contribution is 2.42. The summed E-state index contributed by atoms with van der Waals surface area (Å²) in [5, 5.41) is 0. The zero-order chi connectivity index (χ0) is 25.3. The first-order valence-corrected chi connectivity index (χ1v) is 13.1. The van der Waals surface area contributed by atoms with Gasteiger partial charge in [0, 0.05) is 38.5 Å². The summed E-state index contributed by atoms with van der Waals surface area (Å²) in [5.41, 5.74) is 8.22. The first-order valence-electron chi connectivity index (χ1n) is 13.1. The van der Waals surface area contributed by atoms with Gasteiger partial charge in [-0.2, -0.15) is 0 Å². The largest absolute Gasteiger partial charge is 0.344 e. The highest BCUT2D eigenvalue weighted by atomic mass is 16.2. The van der Waals surface area contributed by atoms with Crippen molar-refractivity contribution in [1.29, 1.82) is 0 Å². The minimum absolute atomic E-state index is 0.0109. The monoisotopic (exact) mass is 488 g/mol. The Balaban J connectivity index is 1.38. The summed E-state index contributed by atoms with van der Waals surface area (Å²) in [6.45, 7) is 2.74. The molecule has 3 aliphatic rings. The number of aryl methyl sites for hydroxylation is 1. The lowest BCUT2D eigenvalue weighted by atomic mass is 9.74. The molecule has 4 unspecified atom stereocenters. The molecule has 5 rings (SSSR count). The lowest BCUT2D eigenvalue weighted by Gasteiger charge is -2.32. The van der Waals surface area contributed by atoms with Gasteiger partial charge in [-0.3, -0.25) is 30.1 Å². The van der Waals surface area contributed by atoms with E-state index in [0.717, 1.165) is 29.5 Å². The third-order valence-electron chi connectivity index (χ3n) is 8.39. The van der Waals surface area contributed by atoms with E-state index in [2.05, 4.69) is 10.9 Å². The van der Waals surface area contributed by atoms with Crippen molar-refractivity contribution in [3.63, 3.8) is 0 Å². The van der Waals surface area contributed by atoms with Crippen LogP contribution in [0.4, 0.5) is 0 Å². The fraction of sp³-hybridized carbons (Fsp3) is 0.483. The Morgan fingerprint density at radius 1 is 1.03 bits per heavy atom. The van der Waals surface area contributed by atoms with Crippen LogP contribution < -0.4 is 10.9 Å². The number of nitrogens with zero attached hydrogens (tertiary/aromatic N) is 2. The lowest BCUT2D eigenvalue weighted by Crippen LogP contribution is -2.47. The number of rotatable bonds is 7. The molecule has 2 saturated heterocycles. The van der Waals surface area contributed by atoms with E-state index in [4.69, 9.17) is 0 Å². The van der Waals surface area contributed by atoms with Crippen LogP contribution in [0.15, 0.2) is 54.6 Å². The molecular weight excluding hydrogens is 452 g/mol. The van der Waals surface area contributed by atoms with Crippen molar-refractivity contribution in [2.24, 2.45) is 5.92 Å². The average molecular weight is 489 g/mol. The second-order valence-corrected chi connectivity index (χ2v) is 10.7. The zero-order valence-electron chi connectivity index (χ0n) is 21.2. The van der Waals surface area contributed by atoms with Crippen molar-refractivity contribution in [2.75, 3.05) is 13.6 Å². The molecule has 190 valence electrons. The number of likely N-dealkylation sites (N-methyl/N-ethyl adjacent to an activating group) is 1. The van der Waals surface area contributed by atoms with Crippen LogP contribution in [0.2, 0.25) is 0 Å². The van der Waals surface area contributed by atoms with Crippen molar-refractivity contribution in [3.8, 4) is 0 Å². The van der Waals surface area contributed by atoms with Crippen LogP contribution in [0.3, 0.4) is 0 Å². The van der Waals surface area contributed by atoms with Crippen molar-refractivity contribution in [3.05, 3.63) is 71.3 Å². The summed E-state index contributed by atoms with van der Waals surface area (Å²) in [7, 11) is 1.81. The molecule has 2 heterocycles. The molecule has 0 bridgehead atoms. The number of amides is 3. The molecule has 1 saturated carbocycles. The number of hydrogen-bond acceptors (Lipinski definition) is 5. The van der Waals surface area contributed by atoms with Gasteiger partial charge in [-0.25, -0.2) is 0 Å². The maximum absolute atomic E-state index is 14.0. The van der Waals surface area contributed by atoms with Crippen molar-refractivity contribution < 1.29 is 14.4 Å². The van der Waals surface area contributed by atoms with Crippen LogP contribution in [0.1, 0.15) is 55.2 Å². The predicted molar refractivity (Wildman–Crippen MR) is 138 cm³/mol. The molecule has 0 radical (unpaired) electrons. The molecule has 4 atom stereocenters. The minimum Gasteiger partial charge on any atom is -0.344 e. The van der Waals surface area contributed by atoms with Crippen molar-refractivity contribution in [2.45, 2.75) is 69.5 Å². The quantitative estimate of drug-likeness (QED) is 0.586. The molecule has 2 aromatic rings. The summed E-state index contributed by atoms with van der Waals surface area (Å²) < 4.78 is 0. The number of benzene rings is 2. The zero-order valence-corrected chi connectivity index (χ0v) is 21.2. The molecule has 2 N–H and O–H groups in total. The van der Waals surface area contributed by atoms with E-state index < -0.39 is 5.41 Å². The van der Waals surface area contributed by atoms with Gasteiger partial charge in [0.1, 0.15) is 0 Å². The summed E-state index contributed by atoms with van der Waals surface area (Å²) in [6.07, 6.45) is 4.78. The molecule has 2 aliphatic heterocycles. The number of fused-ring (bicyclic) bond motifs is 1. The van der Waals surface area contributed by atoms with Gasteiger partial charge in [0.2, 0.25) is 17.7 Å². The van der Waals surface area contributed by atoms with E-state index in [0.29, 0.717) is 18.5 Å². The van der Waals surface area contributed by atoms with Crippen LogP contribution >= 0.6 is 0 Å². The Bertz CT molecular complexity index is 1140. The molecule has 36 heavy (non-hydrogen) atoms. The fourth-order valence-corrected chi connectivity index (χ4v) is 6.39. The van der Waals surface area contributed by atoms with E-state index >= 15 is 0 Å². The van der Waals surface area contributed by atoms with E-state index in [1.807, 2.05) is 68.6 Å². The van der Waals surface area contributed by atoms with Gasteiger partial charge >= 0.3 is 0 Å². The van der Waals surface area contributed by atoms with E-state index in [-0.39, 0.29) is 43.1 Å². The number of nitrogens with one attached hydrogen (secondary N) is 2. The van der Waals surface area contributed by atoms with Gasteiger partial charge < -0.3 is 4.90 Å². The third-order valence-corrected chi connectivity index (χ3v) is 8.39. The highest BCUT2D eigenvalue weighted by Gasteiger charge is 2.54. The van der Waals surface area contributed by atoms with E-state index in [1.54, 1.807) is 4.90 Å². The fourth-order valence-electron chi connectivity index (χ4n) is 6.39. The van der Waals surface area contributed by atoms with Gasteiger partial charge in [-0.1, -0.05) is 67.4 Å². The second-order valence-electron chi connectivity index (χ2n) is 10.7. The lowest BCUT2D eigenvalue weighted by molar-refractivity contribution is -0.143. The Kier molecular flexibility index (Phi) is 6.95. The molecule has 1 aliphatic carbocycles. The first kappa shape index (κ1) is 24.7. The molecule has 2 aromatic carbocycles. The summed E-state index contributed by atoms with van der Waals surface area (Å²) >= 11 is 0. The van der Waals surface area contributed by atoms with Crippen LogP contribution in [-0.2, 0) is 26.3 Å². The van der Waals surface area contributed by atoms with Gasteiger partial charge in [0.15, 0.2) is 0 Å². The standard InChI is InChI=1S/C29H36N4O3/c1-20-10-6-8-14-23(20)29(17-27(35)33(28(29)36)18-21-11-4-3-5-12-21)16-26(34)32(2)19-25-22-13-7-9-15-24(22)30-31-25/h3-6,8,10-12,14,22,24-25,30-31H,7,9,13,15-19H2,1-2H3. The van der Waals surface area contributed by atoms with Gasteiger partial charge in [0.05, 0.1) is 12.0 Å². The van der Waals surface area contributed by atoms with Crippen LogP contribution in [0.5, 0.6) is 0 Å². The van der Waals surface area contributed by atoms with Gasteiger partial charge in [-0.05, 0) is 42.4 Å². The Hall–Kier alpha value is -3.03.